The fraction of sp³-hybridized carbons (Fsp3) is 0.278. The molecule has 1 amide bonds. The molecule has 2 aromatic rings. The average molecular weight is 431 g/mol. The van der Waals surface area contributed by atoms with Crippen LogP contribution in [0.25, 0.3) is 0 Å². The van der Waals surface area contributed by atoms with Gasteiger partial charge >= 0.3 is 6.61 Å². The van der Waals surface area contributed by atoms with E-state index in [0.717, 1.165) is 4.47 Å². The molecule has 0 aliphatic carbocycles. The van der Waals surface area contributed by atoms with Crippen molar-refractivity contribution in [2.75, 3.05) is 12.4 Å². The zero-order valence-corrected chi connectivity index (χ0v) is 15.8. The van der Waals surface area contributed by atoms with Gasteiger partial charge in [0.05, 0.1) is 6.04 Å². The molecule has 4 nitrogen and oxygen atoms in total. The van der Waals surface area contributed by atoms with Crippen molar-refractivity contribution in [3.8, 4) is 5.75 Å². The predicted octanol–water partition coefficient (Wildman–Crippen LogP) is 4.65. The van der Waals surface area contributed by atoms with Gasteiger partial charge in [0, 0.05) is 22.3 Å². The summed E-state index contributed by atoms with van der Waals surface area (Å²) in [6.07, 6.45) is 0. The first kappa shape index (κ1) is 20.3. The maximum Gasteiger partial charge on any atom is 0.387 e. The van der Waals surface area contributed by atoms with Crippen LogP contribution in [-0.4, -0.2) is 30.5 Å². The molecule has 2 rings (SSSR count). The van der Waals surface area contributed by atoms with Crippen LogP contribution in [-0.2, 0) is 11.3 Å². The molecule has 0 saturated carbocycles. The van der Waals surface area contributed by atoms with Gasteiger partial charge in [-0.2, -0.15) is 8.78 Å². The first-order valence-corrected chi connectivity index (χ1v) is 8.55. The minimum absolute atomic E-state index is 0.00768. The first-order valence-electron chi connectivity index (χ1n) is 7.76. The highest BCUT2D eigenvalue weighted by molar-refractivity contribution is 9.10. The number of nitrogens with one attached hydrogen (secondary N) is 1. The fourth-order valence-electron chi connectivity index (χ4n) is 2.24. The number of hydrogen-bond acceptors (Lipinski definition) is 3. The summed E-state index contributed by atoms with van der Waals surface area (Å²) in [6, 6.07) is 9.72. The van der Waals surface area contributed by atoms with Crippen molar-refractivity contribution < 1.29 is 22.7 Å². The average Bonchev–Trinajstić information content (AvgIpc) is 2.58. The summed E-state index contributed by atoms with van der Waals surface area (Å²) in [5, 5.41) is 2.69. The van der Waals surface area contributed by atoms with E-state index in [2.05, 4.69) is 26.0 Å². The number of carbonyl (C=O) groups excluding carboxylic acids is 1. The van der Waals surface area contributed by atoms with Gasteiger partial charge < -0.3 is 10.1 Å². The Morgan fingerprint density at radius 3 is 2.50 bits per heavy atom. The van der Waals surface area contributed by atoms with Gasteiger partial charge in [-0.25, -0.2) is 4.39 Å². The number of ether oxygens (including phenoxy) is 1. The highest BCUT2D eigenvalue weighted by Gasteiger charge is 2.19. The maximum absolute atomic E-state index is 13.9. The lowest BCUT2D eigenvalue weighted by Gasteiger charge is -2.24. The minimum Gasteiger partial charge on any atom is -0.435 e. The van der Waals surface area contributed by atoms with E-state index in [1.165, 1.54) is 30.3 Å². The minimum atomic E-state index is -2.90. The lowest BCUT2D eigenvalue weighted by molar-refractivity contribution is -0.120. The predicted molar refractivity (Wildman–Crippen MR) is 96.7 cm³/mol. The molecule has 0 saturated heterocycles. The standard InChI is InChI=1S/C18H18BrF3N2O2/c1-11(24(2)10-12-9-13(19)3-8-16(12)20)17(25)23-14-4-6-15(7-5-14)26-18(21)22/h3-9,11,18H,10H2,1-2H3,(H,23,25). The van der Waals surface area contributed by atoms with Gasteiger partial charge in [-0.15, -0.1) is 0 Å². The van der Waals surface area contributed by atoms with Crippen molar-refractivity contribution in [3.05, 3.63) is 58.3 Å². The monoisotopic (exact) mass is 430 g/mol. The SMILES string of the molecule is CC(C(=O)Nc1ccc(OC(F)F)cc1)N(C)Cc1cc(Br)ccc1F. The second kappa shape index (κ2) is 9.05. The Kier molecular flexibility index (Phi) is 7.05. The second-order valence-electron chi connectivity index (χ2n) is 5.72. The first-order chi connectivity index (χ1) is 12.3. The van der Waals surface area contributed by atoms with Gasteiger partial charge in [-0.05, 0) is 56.4 Å². The molecule has 0 aliphatic rings. The summed E-state index contributed by atoms with van der Waals surface area (Å²) < 4.78 is 43.1. The Morgan fingerprint density at radius 1 is 1.23 bits per heavy atom. The second-order valence-corrected chi connectivity index (χ2v) is 6.63. The Hall–Kier alpha value is -2.06. The maximum atomic E-state index is 13.9. The number of amides is 1. The summed E-state index contributed by atoms with van der Waals surface area (Å²) >= 11 is 3.30. The van der Waals surface area contributed by atoms with E-state index < -0.39 is 12.7 Å². The highest BCUT2D eigenvalue weighted by atomic mass is 79.9. The van der Waals surface area contributed by atoms with Crippen LogP contribution in [0.1, 0.15) is 12.5 Å². The van der Waals surface area contributed by atoms with Gasteiger partial charge in [0.15, 0.2) is 0 Å². The van der Waals surface area contributed by atoms with Crippen molar-refractivity contribution in [1.29, 1.82) is 0 Å². The summed E-state index contributed by atoms with van der Waals surface area (Å²) in [5.74, 6) is -0.638. The summed E-state index contributed by atoms with van der Waals surface area (Å²) in [7, 11) is 1.71. The Bertz CT molecular complexity index is 757. The summed E-state index contributed by atoms with van der Waals surface area (Å²) in [4.78, 5) is 14.1. The van der Waals surface area contributed by atoms with E-state index in [4.69, 9.17) is 0 Å². The van der Waals surface area contributed by atoms with E-state index in [1.54, 1.807) is 31.0 Å². The van der Waals surface area contributed by atoms with E-state index in [9.17, 15) is 18.0 Å². The molecule has 8 heteroatoms. The van der Waals surface area contributed by atoms with Crippen LogP contribution in [0.15, 0.2) is 46.9 Å². The molecular weight excluding hydrogens is 413 g/mol. The number of benzene rings is 2. The third-order valence-electron chi connectivity index (χ3n) is 3.82. The largest absolute Gasteiger partial charge is 0.435 e. The fourth-order valence-corrected chi connectivity index (χ4v) is 2.65. The van der Waals surface area contributed by atoms with E-state index in [-0.39, 0.29) is 24.0 Å². The van der Waals surface area contributed by atoms with Gasteiger partial charge in [0.25, 0.3) is 0 Å². The van der Waals surface area contributed by atoms with E-state index in [1.807, 2.05) is 0 Å². The molecule has 0 fully saturated rings. The molecule has 2 aromatic carbocycles. The molecule has 1 atom stereocenters. The highest BCUT2D eigenvalue weighted by Crippen LogP contribution is 2.20. The molecular formula is C18H18BrF3N2O2. The summed E-state index contributed by atoms with van der Waals surface area (Å²) in [5.41, 5.74) is 0.917. The zero-order chi connectivity index (χ0) is 19.3. The normalized spacial score (nSPS) is 12.3. The molecule has 0 spiro atoms. The van der Waals surface area contributed by atoms with Gasteiger partial charge in [-0.3, -0.25) is 9.69 Å². The Balaban J connectivity index is 1.96. The van der Waals surface area contributed by atoms with Crippen LogP contribution in [0.4, 0.5) is 18.9 Å². The van der Waals surface area contributed by atoms with Crippen molar-refractivity contribution >= 4 is 27.5 Å². The molecule has 0 aromatic heterocycles. The Labute approximate surface area is 158 Å². The number of carbonyl (C=O) groups is 1. The molecule has 140 valence electrons. The number of rotatable bonds is 7. The summed E-state index contributed by atoms with van der Waals surface area (Å²) in [6.45, 7) is -0.955. The topological polar surface area (TPSA) is 41.6 Å². The molecule has 0 radical (unpaired) electrons. The van der Waals surface area contributed by atoms with Crippen LogP contribution >= 0.6 is 15.9 Å². The molecule has 1 N–H and O–H groups in total. The Morgan fingerprint density at radius 2 is 1.88 bits per heavy atom. The lowest BCUT2D eigenvalue weighted by atomic mass is 10.1. The van der Waals surface area contributed by atoms with Gasteiger partial charge in [-0.1, -0.05) is 15.9 Å². The van der Waals surface area contributed by atoms with Crippen LogP contribution in [0, 0.1) is 5.82 Å². The molecule has 0 heterocycles. The third kappa shape index (κ3) is 5.74. The van der Waals surface area contributed by atoms with Crippen molar-refractivity contribution in [2.24, 2.45) is 0 Å². The number of likely N-dealkylation sites (N-methyl/N-ethyl adjacent to an activating group) is 1. The van der Waals surface area contributed by atoms with Crippen molar-refractivity contribution in [2.45, 2.75) is 26.1 Å². The quantitative estimate of drug-likeness (QED) is 0.694. The third-order valence-corrected chi connectivity index (χ3v) is 4.31. The van der Waals surface area contributed by atoms with Crippen molar-refractivity contribution in [1.82, 2.24) is 4.90 Å². The number of nitrogens with zero attached hydrogens (tertiary/aromatic N) is 1. The number of anilines is 1. The van der Waals surface area contributed by atoms with Crippen LogP contribution in [0.5, 0.6) is 5.75 Å². The van der Waals surface area contributed by atoms with Gasteiger partial charge in [0.2, 0.25) is 5.91 Å². The van der Waals surface area contributed by atoms with Gasteiger partial charge in [0.1, 0.15) is 11.6 Å². The van der Waals surface area contributed by atoms with Crippen LogP contribution in [0.3, 0.4) is 0 Å². The number of alkyl halides is 2. The van der Waals surface area contributed by atoms with E-state index >= 15 is 0 Å². The number of hydrogen-bond donors (Lipinski definition) is 1. The lowest BCUT2D eigenvalue weighted by Crippen LogP contribution is -2.39. The molecule has 0 bridgehead atoms. The van der Waals surface area contributed by atoms with Crippen LogP contribution in [0.2, 0.25) is 0 Å². The zero-order valence-electron chi connectivity index (χ0n) is 14.2. The van der Waals surface area contributed by atoms with E-state index in [0.29, 0.717) is 11.3 Å². The molecule has 26 heavy (non-hydrogen) atoms. The molecule has 0 aliphatic heterocycles. The smallest absolute Gasteiger partial charge is 0.387 e. The van der Waals surface area contributed by atoms with Crippen LogP contribution < -0.4 is 10.1 Å². The molecule has 1 unspecified atom stereocenters. The van der Waals surface area contributed by atoms with Crippen molar-refractivity contribution in [3.63, 3.8) is 0 Å². The number of halogens is 4.